The summed E-state index contributed by atoms with van der Waals surface area (Å²) in [5, 5.41) is 3.53. The summed E-state index contributed by atoms with van der Waals surface area (Å²) in [7, 11) is 0. The standard InChI is InChI=1S/C9H17N.2C2H6/c1-4-8-5-6-9(10-8)7(2)3;2*1-2/h5-10H,4H2,1-3H3;2*1-2H3. The van der Waals surface area contributed by atoms with E-state index in [2.05, 4.69) is 38.2 Å². The van der Waals surface area contributed by atoms with Crippen molar-refractivity contribution in [1.82, 2.24) is 5.32 Å². The normalized spacial score (nSPS) is 23.7. The maximum atomic E-state index is 3.53. The molecule has 1 heteroatoms. The maximum absolute atomic E-state index is 3.53. The lowest BCUT2D eigenvalue weighted by molar-refractivity contribution is 0.455. The molecule has 1 nitrogen and oxygen atoms in total. The third kappa shape index (κ3) is 6.20. The van der Waals surface area contributed by atoms with E-state index in [1.54, 1.807) is 0 Å². The first-order chi connectivity index (χ1) is 6.74. The average Bonchev–Trinajstić information content (AvgIpc) is 2.72. The second-order valence-corrected chi connectivity index (χ2v) is 3.34. The summed E-state index contributed by atoms with van der Waals surface area (Å²) in [5.41, 5.74) is 0. The van der Waals surface area contributed by atoms with E-state index in [4.69, 9.17) is 0 Å². The molecule has 0 amide bonds. The van der Waals surface area contributed by atoms with Crippen LogP contribution in [0, 0.1) is 5.92 Å². The molecule has 2 unspecified atom stereocenters. The van der Waals surface area contributed by atoms with Gasteiger partial charge in [-0.1, -0.05) is 60.6 Å². The van der Waals surface area contributed by atoms with Crippen molar-refractivity contribution in [2.24, 2.45) is 5.92 Å². The van der Waals surface area contributed by atoms with Crippen molar-refractivity contribution in [2.75, 3.05) is 0 Å². The molecule has 0 saturated carbocycles. The van der Waals surface area contributed by atoms with Crippen LogP contribution in [0.2, 0.25) is 0 Å². The van der Waals surface area contributed by atoms with Gasteiger partial charge in [-0.25, -0.2) is 0 Å². The van der Waals surface area contributed by atoms with Crippen LogP contribution >= 0.6 is 0 Å². The van der Waals surface area contributed by atoms with Gasteiger partial charge in [0, 0.05) is 12.1 Å². The summed E-state index contributed by atoms with van der Waals surface area (Å²) >= 11 is 0. The van der Waals surface area contributed by atoms with Gasteiger partial charge in [0.2, 0.25) is 0 Å². The van der Waals surface area contributed by atoms with Crippen molar-refractivity contribution >= 4 is 0 Å². The first-order valence-electron chi connectivity index (χ1n) is 6.18. The highest BCUT2D eigenvalue weighted by molar-refractivity contribution is 5.08. The van der Waals surface area contributed by atoms with Gasteiger partial charge in [-0.15, -0.1) is 0 Å². The zero-order valence-electron chi connectivity index (χ0n) is 11.1. The van der Waals surface area contributed by atoms with Crippen molar-refractivity contribution in [3.05, 3.63) is 12.2 Å². The minimum atomic E-state index is 0.616. The molecule has 0 fully saturated rings. The number of hydrogen-bond acceptors (Lipinski definition) is 1. The third-order valence-corrected chi connectivity index (χ3v) is 2.12. The lowest BCUT2D eigenvalue weighted by Gasteiger charge is -2.16. The minimum Gasteiger partial charge on any atom is -0.304 e. The number of hydrogen-bond donors (Lipinski definition) is 1. The fraction of sp³-hybridized carbons (Fsp3) is 0.846. The summed E-state index contributed by atoms with van der Waals surface area (Å²) in [5.74, 6) is 0.729. The van der Waals surface area contributed by atoms with Gasteiger partial charge in [0.25, 0.3) is 0 Å². The molecule has 1 aliphatic rings. The Morgan fingerprint density at radius 3 is 1.79 bits per heavy atom. The van der Waals surface area contributed by atoms with Crippen LogP contribution < -0.4 is 5.32 Å². The van der Waals surface area contributed by atoms with Crippen LogP contribution in [-0.4, -0.2) is 12.1 Å². The molecule has 0 aromatic heterocycles. The molecular formula is C13H29N. The van der Waals surface area contributed by atoms with Gasteiger partial charge in [0.1, 0.15) is 0 Å². The zero-order chi connectivity index (χ0) is 11.6. The molecule has 1 rings (SSSR count). The van der Waals surface area contributed by atoms with Gasteiger partial charge in [0.15, 0.2) is 0 Å². The summed E-state index contributed by atoms with van der Waals surface area (Å²) in [6.45, 7) is 14.7. The summed E-state index contributed by atoms with van der Waals surface area (Å²) in [6.07, 6.45) is 5.78. The Bertz CT molecular complexity index is 127. The highest BCUT2D eigenvalue weighted by Crippen LogP contribution is 2.12. The topological polar surface area (TPSA) is 12.0 Å². The molecule has 0 spiro atoms. The zero-order valence-corrected chi connectivity index (χ0v) is 11.1. The number of rotatable bonds is 2. The molecule has 2 atom stereocenters. The van der Waals surface area contributed by atoms with Crippen molar-refractivity contribution < 1.29 is 0 Å². The van der Waals surface area contributed by atoms with Crippen LogP contribution in [-0.2, 0) is 0 Å². The molecule has 0 aliphatic carbocycles. The lowest BCUT2D eigenvalue weighted by Crippen LogP contribution is -2.33. The van der Waals surface area contributed by atoms with Gasteiger partial charge >= 0.3 is 0 Å². The van der Waals surface area contributed by atoms with Gasteiger partial charge < -0.3 is 5.32 Å². The predicted molar refractivity (Wildman–Crippen MR) is 67.7 cm³/mol. The predicted octanol–water partition coefficient (Wildman–Crippen LogP) is 4.00. The van der Waals surface area contributed by atoms with E-state index >= 15 is 0 Å². The molecule has 0 aromatic rings. The van der Waals surface area contributed by atoms with Gasteiger partial charge in [-0.3, -0.25) is 0 Å². The second kappa shape index (κ2) is 10.8. The largest absolute Gasteiger partial charge is 0.304 e. The van der Waals surface area contributed by atoms with Crippen LogP contribution in [0.1, 0.15) is 54.9 Å². The van der Waals surface area contributed by atoms with Crippen molar-refractivity contribution in [1.29, 1.82) is 0 Å². The summed E-state index contributed by atoms with van der Waals surface area (Å²) in [4.78, 5) is 0. The Kier molecular flexibility index (Phi) is 12.4. The molecule has 86 valence electrons. The molecule has 0 radical (unpaired) electrons. The van der Waals surface area contributed by atoms with Crippen LogP contribution in [0.3, 0.4) is 0 Å². The van der Waals surface area contributed by atoms with Crippen molar-refractivity contribution in [3.8, 4) is 0 Å². The number of nitrogens with one attached hydrogen (secondary N) is 1. The molecule has 1 N–H and O–H groups in total. The molecule has 1 aliphatic heterocycles. The molecule has 0 aromatic carbocycles. The van der Waals surface area contributed by atoms with E-state index in [-0.39, 0.29) is 0 Å². The van der Waals surface area contributed by atoms with Crippen LogP contribution in [0.5, 0.6) is 0 Å². The van der Waals surface area contributed by atoms with E-state index in [1.807, 2.05) is 27.7 Å². The fourth-order valence-electron chi connectivity index (χ4n) is 1.28. The highest BCUT2D eigenvalue weighted by atomic mass is 15.0. The Morgan fingerprint density at radius 1 is 1.07 bits per heavy atom. The maximum Gasteiger partial charge on any atom is 0.0279 e. The monoisotopic (exact) mass is 199 g/mol. The SMILES string of the molecule is CC.CC.CCC1C=CC(C(C)C)N1. The smallest absolute Gasteiger partial charge is 0.0279 e. The molecule has 1 heterocycles. The summed E-state index contributed by atoms with van der Waals surface area (Å²) < 4.78 is 0. The molecule has 0 saturated heterocycles. The van der Waals surface area contributed by atoms with Gasteiger partial charge in [-0.05, 0) is 12.3 Å². The van der Waals surface area contributed by atoms with Crippen LogP contribution in [0.25, 0.3) is 0 Å². The van der Waals surface area contributed by atoms with E-state index in [1.165, 1.54) is 6.42 Å². The Balaban J connectivity index is 0. The molecule has 14 heavy (non-hydrogen) atoms. The van der Waals surface area contributed by atoms with Crippen LogP contribution in [0.4, 0.5) is 0 Å². The van der Waals surface area contributed by atoms with E-state index in [0.29, 0.717) is 12.1 Å². The highest BCUT2D eigenvalue weighted by Gasteiger charge is 2.17. The molecule has 0 bridgehead atoms. The fourth-order valence-corrected chi connectivity index (χ4v) is 1.28. The lowest BCUT2D eigenvalue weighted by atomic mass is 10.1. The minimum absolute atomic E-state index is 0.616. The Morgan fingerprint density at radius 2 is 1.57 bits per heavy atom. The van der Waals surface area contributed by atoms with Crippen molar-refractivity contribution in [2.45, 2.75) is 67.0 Å². The molecular weight excluding hydrogens is 170 g/mol. The van der Waals surface area contributed by atoms with E-state index in [0.717, 1.165) is 5.92 Å². The third-order valence-electron chi connectivity index (χ3n) is 2.12. The van der Waals surface area contributed by atoms with E-state index < -0.39 is 0 Å². The second-order valence-electron chi connectivity index (χ2n) is 3.34. The average molecular weight is 199 g/mol. The Hall–Kier alpha value is -0.300. The van der Waals surface area contributed by atoms with Crippen LogP contribution in [0.15, 0.2) is 12.2 Å². The Labute approximate surface area is 91.0 Å². The quantitative estimate of drug-likeness (QED) is 0.663. The summed E-state index contributed by atoms with van der Waals surface area (Å²) in [6, 6.07) is 1.25. The van der Waals surface area contributed by atoms with Gasteiger partial charge in [0.05, 0.1) is 0 Å². The van der Waals surface area contributed by atoms with Gasteiger partial charge in [-0.2, -0.15) is 0 Å². The first-order valence-corrected chi connectivity index (χ1v) is 6.18. The van der Waals surface area contributed by atoms with Crippen molar-refractivity contribution in [3.63, 3.8) is 0 Å². The van der Waals surface area contributed by atoms with E-state index in [9.17, 15) is 0 Å². The first kappa shape index (κ1) is 16.1.